The predicted molar refractivity (Wildman–Crippen MR) is 135 cm³/mol. The molecule has 194 valence electrons. The Morgan fingerprint density at radius 2 is 1.68 bits per heavy atom. The highest BCUT2D eigenvalue weighted by Gasteiger charge is 2.13. The fourth-order valence-electron chi connectivity index (χ4n) is 4.10. The van der Waals surface area contributed by atoms with Crippen LogP contribution >= 0.6 is 0 Å². The number of unbranched alkanes of at least 4 members (excludes halogenated alkanes) is 3. The number of hydrogen-bond acceptors (Lipinski definition) is 4. The average Bonchev–Trinajstić information content (AvgIpc) is 2.89. The molecule has 3 aromatic carbocycles. The largest absolute Gasteiger partial charge is 0.490 e. The fraction of sp³-hybridized carbons (Fsp3) is 0.310. The summed E-state index contributed by atoms with van der Waals surface area (Å²) in [5.74, 6) is -0.605. The van der Waals surface area contributed by atoms with Crippen LogP contribution in [0.25, 0.3) is 22.2 Å². The van der Waals surface area contributed by atoms with Crippen molar-refractivity contribution in [2.75, 3.05) is 6.61 Å². The number of fused-ring (bicyclic) bond motifs is 1. The number of aromatic nitrogens is 2. The monoisotopic (exact) mass is 512 g/mol. The molecule has 4 rings (SSSR count). The summed E-state index contributed by atoms with van der Waals surface area (Å²) in [6.07, 6.45) is 8.44. The molecule has 1 heterocycles. The van der Waals surface area contributed by atoms with Gasteiger partial charge in [-0.05, 0) is 54.0 Å². The lowest BCUT2D eigenvalue weighted by Crippen LogP contribution is -2.04. The maximum absolute atomic E-state index is 15.2. The zero-order valence-electron chi connectivity index (χ0n) is 20.5. The summed E-state index contributed by atoms with van der Waals surface area (Å²) < 4.78 is 63.6. The van der Waals surface area contributed by atoms with Gasteiger partial charge in [0.25, 0.3) is 0 Å². The standard InChI is InChI=1S/C29H28F4N2O2/c1-2-3-4-5-14-36-23-17-34-28(35-18-23)22-11-12-24-21(16-22)10-9-20(27(24)31)8-6-19-7-13-26(25(30)15-19)37-29(32)33/h7,9-13,15-18,29H,2-6,8,14H2,1H3. The van der Waals surface area contributed by atoms with E-state index < -0.39 is 18.2 Å². The number of nitrogens with zero attached hydrogens (tertiary/aromatic N) is 2. The van der Waals surface area contributed by atoms with Crippen LogP contribution in [0.4, 0.5) is 17.6 Å². The van der Waals surface area contributed by atoms with E-state index in [9.17, 15) is 13.2 Å². The highest BCUT2D eigenvalue weighted by molar-refractivity contribution is 5.87. The average molecular weight is 513 g/mol. The number of ether oxygens (including phenoxy) is 2. The molecule has 1 aromatic heterocycles. The zero-order chi connectivity index (χ0) is 26.2. The van der Waals surface area contributed by atoms with Gasteiger partial charge in [0.2, 0.25) is 0 Å². The van der Waals surface area contributed by atoms with E-state index in [4.69, 9.17) is 4.74 Å². The summed E-state index contributed by atoms with van der Waals surface area (Å²) in [4.78, 5) is 8.78. The first-order valence-corrected chi connectivity index (χ1v) is 12.3. The van der Waals surface area contributed by atoms with Crippen LogP contribution in [0.2, 0.25) is 0 Å². The smallest absolute Gasteiger partial charge is 0.387 e. The molecular formula is C29H28F4N2O2. The number of hydrogen-bond donors (Lipinski definition) is 0. The van der Waals surface area contributed by atoms with Crippen molar-refractivity contribution in [1.82, 2.24) is 9.97 Å². The Kier molecular flexibility index (Phi) is 8.93. The zero-order valence-corrected chi connectivity index (χ0v) is 20.5. The van der Waals surface area contributed by atoms with Gasteiger partial charge in [-0.2, -0.15) is 8.78 Å². The normalized spacial score (nSPS) is 11.3. The second kappa shape index (κ2) is 12.5. The maximum Gasteiger partial charge on any atom is 0.387 e. The van der Waals surface area contributed by atoms with E-state index in [1.807, 2.05) is 12.1 Å². The van der Waals surface area contributed by atoms with Crippen molar-refractivity contribution < 1.29 is 27.0 Å². The molecular weight excluding hydrogens is 484 g/mol. The number of aryl methyl sites for hydroxylation is 2. The molecule has 0 N–H and O–H groups in total. The van der Waals surface area contributed by atoms with E-state index in [0.29, 0.717) is 52.9 Å². The van der Waals surface area contributed by atoms with Crippen molar-refractivity contribution in [3.63, 3.8) is 0 Å². The lowest BCUT2D eigenvalue weighted by molar-refractivity contribution is -0.0522. The third-order valence-electron chi connectivity index (χ3n) is 6.08. The molecule has 4 aromatic rings. The first-order valence-electron chi connectivity index (χ1n) is 12.3. The molecule has 0 aliphatic heterocycles. The summed E-state index contributed by atoms with van der Waals surface area (Å²) in [6, 6.07) is 12.6. The summed E-state index contributed by atoms with van der Waals surface area (Å²) in [5.41, 5.74) is 1.79. The lowest BCUT2D eigenvalue weighted by Gasteiger charge is -2.10. The van der Waals surface area contributed by atoms with E-state index in [-0.39, 0.29) is 5.82 Å². The van der Waals surface area contributed by atoms with E-state index in [1.54, 1.807) is 30.6 Å². The van der Waals surface area contributed by atoms with E-state index >= 15 is 4.39 Å². The Hall–Kier alpha value is -3.68. The molecule has 8 heteroatoms. The van der Waals surface area contributed by atoms with Crippen LogP contribution in [0.3, 0.4) is 0 Å². The van der Waals surface area contributed by atoms with Gasteiger partial charge in [0.1, 0.15) is 5.82 Å². The predicted octanol–water partition coefficient (Wildman–Crippen LogP) is 7.92. The number of rotatable bonds is 12. The second-order valence-electron chi connectivity index (χ2n) is 8.77. The third kappa shape index (κ3) is 6.96. The maximum atomic E-state index is 15.2. The molecule has 0 spiro atoms. The molecule has 0 amide bonds. The third-order valence-corrected chi connectivity index (χ3v) is 6.08. The van der Waals surface area contributed by atoms with Crippen LogP contribution < -0.4 is 9.47 Å². The van der Waals surface area contributed by atoms with E-state index in [0.717, 1.165) is 30.5 Å². The Labute approximate surface area is 213 Å². The van der Waals surface area contributed by atoms with Crippen LogP contribution in [0.15, 0.2) is 60.9 Å². The van der Waals surface area contributed by atoms with Gasteiger partial charge in [-0.1, -0.05) is 56.5 Å². The molecule has 37 heavy (non-hydrogen) atoms. The fourth-order valence-corrected chi connectivity index (χ4v) is 4.10. The Balaban J connectivity index is 1.42. The minimum Gasteiger partial charge on any atom is -0.490 e. The van der Waals surface area contributed by atoms with Crippen molar-refractivity contribution in [2.45, 2.75) is 52.1 Å². The minimum atomic E-state index is -3.10. The molecule has 0 atom stereocenters. The molecule has 0 aliphatic rings. The van der Waals surface area contributed by atoms with Gasteiger partial charge in [0, 0.05) is 10.9 Å². The molecule has 0 fully saturated rings. The van der Waals surface area contributed by atoms with E-state index in [1.165, 1.54) is 18.9 Å². The highest BCUT2D eigenvalue weighted by Crippen LogP contribution is 2.28. The number of halogens is 4. The Bertz CT molecular complexity index is 1330. The van der Waals surface area contributed by atoms with Gasteiger partial charge < -0.3 is 9.47 Å². The second-order valence-corrected chi connectivity index (χ2v) is 8.77. The first-order chi connectivity index (χ1) is 17.9. The van der Waals surface area contributed by atoms with Gasteiger partial charge in [0.15, 0.2) is 23.1 Å². The molecule has 4 nitrogen and oxygen atoms in total. The first kappa shape index (κ1) is 26.4. The van der Waals surface area contributed by atoms with Crippen molar-refractivity contribution >= 4 is 10.8 Å². The van der Waals surface area contributed by atoms with Gasteiger partial charge in [-0.25, -0.2) is 18.7 Å². The van der Waals surface area contributed by atoms with Crippen LogP contribution in [-0.2, 0) is 12.8 Å². The van der Waals surface area contributed by atoms with Crippen LogP contribution in [-0.4, -0.2) is 23.2 Å². The van der Waals surface area contributed by atoms with Gasteiger partial charge in [-0.15, -0.1) is 0 Å². The summed E-state index contributed by atoms with van der Waals surface area (Å²) in [5, 5.41) is 1.17. The van der Waals surface area contributed by atoms with E-state index in [2.05, 4.69) is 21.6 Å². The quantitative estimate of drug-likeness (QED) is 0.143. The minimum absolute atomic E-state index is 0.320. The van der Waals surface area contributed by atoms with Gasteiger partial charge in [-0.3, -0.25) is 0 Å². The molecule has 0 bridgehead atoms. The SMILES string of the molecule is CCCCCCOc1cnc(-c2ccc3c(F)c(CCc4ccc(OC(F)F)c(F)c4)ccc3c2)nc1. The summed E-state index contributed by atoms with van der Waals surface area (Å²) in [6.45, 7) is -0.302. The molecule has 0 saturated carbocycles. The van der Waals surface area contributed by atoms with Crippen LogP contribution in [0.5, 0.6) is 11.5 Å². The van der Waals surface area contributed by atoms with Gasteiger partial charge >= 0.3 is 6.61 Å². The topological polar surface area (TPSA) is 44.2 Å². The van der Waals surface area contributed by atoms with Crippen LogP contribution in [0, 0.1) is 11.6 Å². The van der Waals surface area contributed by atoms with Crippen molar-refractivity contribution in [2.24, 2.45) is 0 Å². The van der Waals surface area contributed by atoms with Crippen molar-refractivity contribution in [3.05, 3.63) is 83.7 Å². The number of alkyl halides is 2. The number of benzene rings is 3. The Morgan fingerprint density at radius 3 is 2.41 bits per heavy atom. The van der Waals surface area contributed by atoms with Crippen LogP contribution in [0.1, 0.15) is 43.7 Å². The highest BCUT2D eigenvalue weighted by atomic mass is 19.3. The van der Waals surface area contributed by atoms with Gasteiger partial charge in [0.05, 0.1) is 19.0 Å². The van der Waals surface area contributed by atoms with Crippen molar-refractivity contribution in [1.29, 1.82) is 0 Å². The molecule has 0 unspecified atom stereocenters. The molecule has 0 saturated heterocycles. The summed E-state index contributed by atoms with van der Waals surface area (Å²) >= 11 is 0. The molecule has 0 radical (unpaired) electrons. The van der Waals surface area contributed by atoms with Crippen molar-refractivity contribution in [3.8, 4) is 22.9 Å². The summed E-state index contributed by atoms with van der Waals surface area (Å²) in [7, 11) is 0. The molecule has 0 aliphatic carbocycles. The lowest BCUT2D eigenvalue weighted by atomic mass is 9.99. The Morgan fingerprint density at radius 1 is 0.865 bits per heavy atom.